The highest BCUT2D eigenvalue weighted by Crippen LogP contribution is 2.20. The topological polar surface area (TPSA) is 63.4 Å². The molecule has 6 heteroatoms. The van der Waals surface area contributed by atoms with E-state index in [1.807, 2.05) is 11.8 Å². The fraction of sp³-hybridized carbons (Fsp3) is 0.529. The van der Waals surface area contributed by atoms with Crippen LogP contribution in [0, 0.1) is 5.92 Å². The van der Waals surface area contributed by atoms with Gasteiger partial charge in [-0.3, -0.25) is 9.59 Å². The van der Waals surface area contributed by atoms with Gasteiger partial charge in [-0.1, -0.05) is 11.6 Å². The molecule has 0 saturated carbocycles. The second kappa shape index (κ2) is 9.26. The highest BCUT2D eigenvalue weighted by Gasteiger charge is 2.24. The van der Waals surface area contributed by atoms with E-state index in [1.54, 1.807) is 24.3 Å². The highest BCUT2D eigenvalue weighted by molar-refractivity contribution is 6.30. The molecule has 2 N–H and O–H groups in total. The Morgan fingerprint density at radius 2 is 1.78 bits per heavy atom. The van der Waals surface area contributed by atoms with Gasteiger partial charge in [-0.15, -0.1) is 12.4 Å². The van der Waals surface area contributed by atoms with Gasteiger partial charge in [0.2, 0.25) is 5.91 Å². The fourth-order valence-corrected chi connectivity index (χ4v) is 2.96. The van der Waals surface area contributed by atoms with Crippen molar-refractivity contribution in [3.63, 3.8) is 0 Å². The summed E-state index contributed by atoms with van der Waals surface area (Å²) < 4.78 is 0. The van der Waals surface area contributed by atoms with Gasteiger partial charge in [-0.05, 0) is 49.9 Å². The van der Waals surface area contributed by atoms with E-state index in [0.717, 1.165) is 25.9 Å². The Hall–Kier alpha value is -1.10. The minimum absolute atomic E-state index is 0. The number of amides is 1. The zero-order valence-electron chi connectivity index (χ0n) is 13.3. The van der Waals surface area contributed by atoms with E-state index in [2.05, 4.69) is 0 Å². The van der Waals surface area contributed by atoms with Crippen molar-refractivity contribution in [2.24, 2.45) is 11.7 Å². The summed E-state index contributed by atoms with van der Waals surface area (Å²) in [7, 11) is 0. The number of carbonyl (C=O) groups excluding carboxylic acids is 2. The summed E-state index contributed by atoms with van der Waals surface area (Å²) in [5, 5.41) is 0.602. The lowest BCUT2D eigenvalue weighted by Gasteiger charge is -2.33. The number of hydrogen-bond acceptors (Lipinski definition) is 3. The zero-order chi connectivity index (χ0) is 16.1. The number of piperidine rings is 1. The molecule has 23 heavy (non-hydrogen) atoms. The van der Waals surface area contributed by atoms with Crippen molar-refractivity contribution in [1.82, 2.24) is 4.90 Å². The van der Waals surface area contributed by atoms with Crippen molar-refractivity contribution >= 4 is 35.7 Å². The Labute approximate surface area is 148 Å². The number of halogens is 2. The minimum Gasteiger partial charge on any atom is -0.343 e. The number of rotatable bonds is 5. The third-order valence-corrected chi connectivity index (χ3v) is 4.62. The van der Waals surface area contributed by atoms with Crippen LogP contribution in [-0.2, 0) is 4.79 Å². The molecule has 1 atom stereocenters. The van der Waals surface area contributed by atoms with Gasteiger partial charge in [0, 0.05) is 42.6 Å². The summed E-state index contributed by atoms with van der Waals surface area (Å²) in [6.07, 6.45) is 2.42. The first kappa shape index (κ1) is 19.9. The van der Waals surface area contributed by atoms with Crippen LogP contribution < -0.4 is 5.73 Å². The molecule has 0 bridgehead atoms. The lowest BCUT2D eigenvalue weighted by atomic mass is 9.91. The molecule has 1 aromatic carbocycles. The number of nitrogens with zero attached hydrogens (tertiary/aromatic N) is 1. The molecule has 1 aliphatic heterocycles. The summed E-state index contributed by atoms with van der Waals surface area (Å²) in [4.78, 5) is 26.1. The standard InChI is InChI=1S/C17H23ClN2O2.ClH/c1-12(19)13-8-10-20(11-9-13)17(22)7-6-16(21)14-2-4-15(18)5-3-14;/h2-5,12-13H,6-11,19H2,1H3;1H. The van der Waals surface area contributed by atoms with Crippen molar-refractivity contribution in [3.8, 4) is 0 Å². The molecule has 1 unspecified atom stereocenters. The van der Waals surface area contributed by atoms with Crippen LogP contribution in [0.5, 0.6) is 0 Å². The molecule has 1 aliphatic rings. The van der Waals surface area contributed by atoms with Crippen molar-refractivity contribution in [3.05, 3.63) is 34.9 Å². The maximum atomic E-state index is 12.2. The van der Waals surface area contributed by atoms with Gasteiger partial charge in [-0.25, -0.2) is 0 Å². The molecule has 1 aromatic rings. The Kier molecular flexibility index (Phi) is 8.03. The first-order chi connectivity index (χ1) is 10.5. The van der Waals surface area contributed by atoms with Crippen LogP contribution in [0.3, 0.4) is 0 Å². The number of ketones is 1. The Morgan fingerprint density at radius 3 is 2.30 bits per heavy atom. The third-order valence-electron chi connectivity index (χ3n) is 4.37. The van der Waals surface area contributed by atoms with Gasteiger partial charge in [0.1, 0.15) is 0 Å². The molecule has 1 heterocycles. The van der Waals surface area contributed by atoms with Gasteiger partial charge >= 0.3 is 0 Å². The van der Waals surface area contributed by atoms with E-state index in [4.69, 9.17) is 17.3 Å². The molecule has 0 spiro atoms. The molecular formula is C17H24Cl2N2O2. The number of benzene rings is 1. The summed E-state index contributed by atoms with van der Waals surface area (Å²) in [5.41, 5.74) is 6.51. The van der Waals surface area contributed by atoms with Crippen LogP contribution >= 0.6 is 24.0 Å². The van der Waals surface area contributed by atoms with Crippen LogP contribution in [0.25, 0.3) is 0 Å². The van der Waals surface area contributed by atoms with Gasteiger partial charge in [0.25, 0.3) is 0 Å². The predicted molar refractivity (Wildman–Crippen MR) is 95.2 cm³/mol. The van der Waals surface area contributed by atoms with Crippen LogP contribution in [-0.4, -0.2) is 35.7 Å². The summed E-state index contributed by atoms with van der Waals surface area (Å²) in [6.45, 7) is 3.52. The van der Waals surface area contributed by atoms with Crippen molar-refractivity contribution < 1.29 is 9.59 Å². The van der Waals surface area contributed by atoms with Gasteiger partial charge in [0.15, 0.2) is 5.78 Å². The van der Waals surface area contributed by atoms with E-state index < -0.39 is 0 Å². The second-order valence-corrected chi connectivity index (χ2v) is 6.44. The van der Waals surface area contributed by atoms with Crippen molar-refractivity contribution in [2.75, 3.05) is 13.1 Å². The van der Waals surface area contributed by atoms with Gasteiger partial charge in [-0.2, -0.15) is 0 Å². The number of likely N-dealkylation sites (tertiary alicyclic amines) is 1. The van der Waals surface area contributed by atoms with Crippen molar-refractivity contribution in [1.29, 1.82) is 0 Å². The summed E-state index contributed by atoms with van der Waals surface area (Å²) >= 11 is 5.80. The molecule has 128 valence electrons. The molecular weight excluding hydrogens is 335 g/mol. The van der Waals surface area contributed by atoms with E-state index in [0.29, 0.717) is 16.5 Å². The predicted octanol–water partition coefficient (Wildman–Crippen LogP) is 3.31. The SMILES string of the molecule is CC(N)C1CCN(C(=O)CCC(=O)c2ccc(Cl)cc2)CC1.Cl. The average Bonchev–Trinajstić information content (AvgIpc) is 2.53. The monoisotopic (exact) mass is 358 g/mol. The van der Waals surface area contributed by atoms with Crippen LogP contribution in [0.15, 0.2) is 24.3 Å². The zero-order valence-corrected chi connectivity index (χ0v) is 14.9. The lowest BCUT2D eigenvalue weighted by Crippen LogP contribution is -2.42. The smallest absolute Gasteiger partial charge is 0.223 e. The van der Waals surface area contributed by atoms with Crippen LogP contribution in [0.1, 0.15) is 43.0 Å². The summed E-state index contributed by atoms with van der Waals surface area (Å²) in [6, 6.07) is 6.96. The van der Waals surface area contributed by atoms with Gasteiger partial charge in [0.05, 0.1) is 0 Å². The summed E-state index contributed by atoms with van der Waals surface area (Å²) in [5.74, 6) is 0.542. The van der Waals surface area contributed by atoms with E-state index >= 15 is 0 Å². The van der Waals surface area contributed by atoms with Crippen molar-refractivity contribution in [2.45, 2.75) is 38.6 Å². The lowest BCUT2D eigenvalue weighted by molar-refractivity contribution is -0.132. The molecule has 0 aromatic heterocycles. The highest BCUT2D eigenvalue weighted by atomic mass is 35.5. The first-order valence-electron chi connectivity index (χ1n) is 7.79. The fourth-order valence-electron chi connectivity index (χ4n) is 2.83. The molecule has 1 amide bonds. The normalized spacial score (nSPS) is 16.6. The molecule has 1 saturated heterocycles. The number of nitrogens with two attached hydrogens (primary N) is 1. The third kappa shape index (κ3) is 5.79. The minimum atomic E-state index is -0.0181. The number of carbonyl (C=O) groups is 2. The molecule has 2 rings (SSSR count). The van der Waals surface area contributed by atoms with Crippen LogP contribution in [0.2, 0.25) is 5.02 Å². The molecule has 4 nitrogen and oxygen atoms in total. The maximum Gasteiger partial charge on any atom is 0.223 e. The number of Topliss-reactive ketones (excluding diaryl/α,β-unsaturated/α-hetero) is 1. The van der Waals surface area contributed by atoms with Gasteiger partial charge < -0.3 is 10.6 Å². The van der Waals surface area contributed by atoms with E-state index in [9.17, 15) is 9.59 Å². The molecule has 0 radical (unpaired) electrons. The average molecular weight is 359 g/mol. The second-order valence-electron chi connectivity index (χ2n) is 6.01. The maximum absolute atomic E-state index is 12.2. The first-order valence-corrected chi connectivity index (χ1v) is 8.17. The Morgan fingerprint density at radius 1 is 1.22 bits per heavy atom. The van der Waals surface area contributed by atoms with Crippen LogP contribution in [0.4, 0.5) is 0 Å². The number of hydrogen-bond donors (Lipinski definition) is 1. The van der Waals surface area contributed by atoms with E-state index in [1.165, 1.54) is 0 Å². The quantitative estimate of drug-likeness (QED) is 0.821. The molecule has 0 aliphatic carbocycles. The Balaban J connectivity index is 0.00000264. The Bertz CT molecular complexity index is 524. The largest absolute Gasteiger partial charge is 0.343 e. The van der Waals surface area contributed by atoms with E-state index in [-0.39, 0.29) is 43.0 Å². The molecule has 1 fully saturated rings.